The van der Waals surface area contributed by atoms with Gasteiger partial charge in [0.05, 0.1) is 17.7 Å². The highest BCUT2D eigenvalue weighted by Gasteiger charge is 2.27. The number of nitrogens with zero attached hydrogens (tertiary/aromatic N) is 2. The third kappa shape index (κ3) is 6.12. The van der Waals surface area contributed by atoms with Crippen molar-refractivity contribution in [1.29, 1.82) is 0 Å². The zero-order chi connectivity index (χ0) is 25.0. The molecule has 8 nitrogen and oxygen atoms in total. The SMILES string of the molecule is Cc1ccc(S(=O)(=O)N(CC(=O)N/N=C\c2ccc3c(c2)OCO3)Cc2ccc(Cl)cc2Cl)cc1. The van der Waals surface area contributed by atoms with E-state index in [1.165, 1.54) is 24.4 Å². The van der Waals surface area contributed by atoms with E-state index in [4.69, 9.17) is 32.7 Å². The van der Waals surface area contributed by atoms with Crippen molar-refractivity contribution in [2.45, 2.75) is 18.4 Å². The topological polar surface area (TPSA) is 97.3 Å². The number of benzene rings is 3. The van der Waals surface area contributed by atoms with Gasteiger partial charge in [0.15, 0.2) is 11.5 Å². The molecule has 4 rings (SSSR count). The largest absolute Gasteiger partial charge is 0.454 e. The molecule has 0 fully saturated rings. The van der Waals surface area contributed by atoms with Crippen LogP contribution in [-0.4, -0.2) is 38.2 Å². The number of aryl methyl sites for hydroxylation is 1. The number of halogens is 2. The smallest absolute Gasteiger partial charge is 0.255 e. The van der Waals surface area contributed by atoms with Crippen molar-refractivity contribution in [3.8, 4) is 11.5 Å². The molecule has 11 heteroatoms. The number of amides is 1. The standard InChI is InChI=1S/C24H21Cl2N3O5S/c1-16-2-7-20(8-3-16)35(31,32)29(13-18-5-6-19(25)11-21(18)26)14-24(30)28-27-12-17-4-9-22-23(10-17)34-15-33-22/h2-12H,13-15H2,1H3,(H,28,30)/b27-12-. The monoisotopic (exact) mass is 533 g/mol. The average Bonchev–Trinajstić information content (AvgIpc) is 3.28. The molecule has 0 radical (unpaired) electrons. The fourth-order valence-corrected chi connectivity index (χ4v) is 5.14. The number of hydrazone groups is 1. The Bertz CT molecular complexity index is 1380. The molecule has 1 amide bonds. The molecule has 1 N–H and O–H groups in total. The van der Waals surface area contributed by atoms with Gasteiger partial charge in [-0.3, -0.25) is 4.79 Å². The number of rotatable bonds is 8. The van der Waals surface area contributed by atoms with E-state index in [2.05, 4.69) is 10.5 Å². The highest BCUT2D eigenvalue weighted by atomic mass is 35.5. The Morgan fingerprint density at radius 1 is 1.06 bits per heavy atom. The summed E-state index contributed by atoms with van der Waals surface area (Å²) in [5, 5.41) is 4.65. The Kier molecular flexibility index (Phi) is 7.61. The van der Waals surface area contributed by atoms with Crippen LogP contribution in [0.1, 0.15) is 16.7 Å². The Morgan fingerprint density at radius 2 is 1.80 bits per heavy atom. The van der Waals surface area contributed by atoms with Crippen molar-refractivity contribution in [2.24, 2.45) is 5.10 Å². The molecule has 0 spiro atoms. The van der Waals surface area contributed by atoms with Crippen LogP contribution in [0.15, 0.2) is 70.7 Å². The first-order valence-corrected chi connectivity index (χ1v) is 12.6. The van der Waals surface area contributed by atoms with Crippen LogP contribution >= 0.6 is 23.2 Å². The number of carbonyl (C=O) groups excluding carboxylic acids is 1. The molecule has 3 aromatic rings. The minimum absolute atomic E-state index is 0.0600. The van der Waals surface area contributed by atoms with Gasteiger partial charge in [-0.1, -0.05) is 47.0 Å². The number of nitrogens with one attached hydrogen (secondary N) is 1. The Hall–Kier alpha value is -3.11. The molecule has 0 aliphatic carbocycles. The minimum Gasteiger partial charge on any atom is -0.454 e. The Balaban J connectivity index is 1.52. The van der Waals surface area contributed by atoms with Crippen molar-refractivity contribution in [3.63, 3.8) is 0 Å². The lowest BCUT2D eigenvalue weighted by Crippen LogP contribution is -2.39. The zero-order valence-electron chi connectivity index (χ0n) is 18.6. The van der Waals surface area contributed by atoms with Gasteiger partial charge in [0.1, 0.15) is 0 Å². The lowest BCUT2D eigenvalue weighted by atomic mass is 10.2. The van der Waals surface area contributed by atoms with E-state index >= 15 is 0 Å². The van der Waals surface area contributed by atoms with E-state index in [1.54, 1.807) is 42.5 Å². The van der Waals surface area contributed by atoms with Crippen LogP contribution in [0, 0.1) is 6.92 Å². The predicted octanol–water partition coefficient (Wildman–Crippen LogP) is 4.37. The molecule has 0 bridgehead atoms. The van der Waals surface area contributed by atoms with Crippen molar-refractivity contribution >= 4 is 45.3 Å². The van der Waals surface area contributed by atoms with Crippen molar-refractivity contribution in [1.82, 2.24) is 9.73 Å². The second-order valence-corrected chi connectivity index (χ2v) is 10.5. The van der Waals surface area contributed by atoms with Gasteiger partial charge in [0.2, 0.25) is 16.8 Å². The van der Waals surface area contributed by atoms with Gasteiger partial charge >= 0.3 is 0 Å². The van der Waals surface area contributed by atoms with Crippen LogP contribution in [0.2, 0.25) is 10.0 Å². The van der Waals surface area contributed by atoms with Crippen LogP contribution in [0.25, 0.3) is 0 Å². The van der Waals surface area contributed by atoms with E-state index < -0.39 is 22.5 Å². The molecule has 3 aromatic carbocycles. The first-order chi connectivity index (χ1) is 16.7. The lowest BCUT2D eigenvalue weighted by Gasteiger charge is -2.22. The molecule has 182 valence electrons. The van der Waals surface area contributed by atoms with Gasteiger partial charge < -0.3 is 9.47 Å². The van der Waals surface area contributed by atoms with Gasteiger partial charge in [0.25, 0.3) is 5.91 Å². The summed E-state index contributed by atoms with van der Waals surface area (Å²) in [5.41, 5.74) is 4.45. The van der Waals surface area contributed by atoms with Crippen LogP contribution in [0.4, 0.5) is 0 Å². The van der Waals surface area contributed by atoms with E-state index in [1.807, 2.05) is 6.92 Å². The highest BCUT2D eigenvalue weighted by molar-refractivity contribution is 7.89. The van der Waals surface area contributed by atoms with Crippen LogP contribution in [-0.2, 0) is 21.4 Å². The van der Waals surface area contributed by atoms with Gasteiger partial charge in [-0.05, 0) is 60.5 Å². The maximum atomic E-state index is 13.4. The fraction of sp³-hybridized carbons (Fsp3) is 0.167. The van der Waals surface area contributed by atoms with E-state index in [0.717, 1.165) is 9.87 Å². The number of fused-ring (bicyclic) bond motifs is 1. The minimum atomic E-state index is -4.02. The molecule has 1 aliphatic heterocycles. The molecular weight excluding hydrogens is 513 g/mol. The van der Waals surface area contributed by atoms with Crippen LogP contribution in [0.3, 0.4) is 0 Å². The Morgan fingerprint density at radius 3 is 2.54 bits per heavy atom. The third-order valence-corrected chi connectivity index (χ3v) is 7.53. The van der Waals surface area contributed by atoms with E-state index in [0.29, 0.717) is 32.7 Å². The van der Waals surface area contributed by atoms with Crippen molar-refractivity contribution < 1.29 is 22.7 Å². The molecule has 0 unspecified atom stereocenters. The summed E-state index contributed by atoms with van der Waals surface area (Å²) in [5.74, 6) is 0.585. The summed E-state index contributed by atoms with van der Waals surface area (Å²) < 4.78 is 38.4. The summed E-state index contributed by atoms with van der Waals surface area (Å²) in [6, 6.07) is 16.3. The number of sulfonamides is 1. The number of carbonyl (C=O) groups is 1. The fourth-order valence-electron chi connectivity index (χ4n) is 3.29. The Labute approximate surface area is 213 Å². The zero-order valence-corrected chi connectivity index (χ0v) is 20.9. The van der Waals surface area contributed by atoms with Crippen LogP contribution < -0.4 is 14.9 Å². The molecular formula is C24H21Cl2N3O5S. The van der Waals surface area contributed by atoms with Gasteiger partial charge in [0, 0.05) is 16.6 Å². The predicted molar refractivity (Wildman–Crippen MR) is 134 cm³/mol. The molecule has 0 saturated heterocycles. The lowest BCUT2D eigenvalue weighted by molar-refractivity contribution is -0.121. The third-order valence-electron chi connectivity index (χ3n) is 5.14. The number of hydrogen-bond donors (Lipinski definition) is 1. The average molecular weight is 534 g/mol. The molecule has 35 heavy (non-hydrogen) atoms. The highest BCUT2D eigenvalue weighted by Crippen LogP contribution is 2.32. The number of ether oxygens (including phenoxy) is 2. The maximum Gasteiger partial charge on any atom is 0.255 e. The molecule has 0 atom stereocenters. The molecule has 0 aromatic heterocycles. The first-order valence-electron chi connectivity index (χ1n) is 10.4. The summed E-state index contributed by atoms with van der Waals surface area (Å²) in [4.78, 5) is 12.7. The van der Waals surface area contributed by atoms with Crippen LogP contribution in [0.5, 0.6) is 11.5 Å². The molecule has 1 heterocycles. The number of hydrogen-bond acceptors (Lipinski definition) is 6. The summed E-state index contributed by atoms with van der Waals surface area (Å²) in [7, 11) is -4.02. The summed E-state index contributed by atoms with van der Waals surface area (Å²) in [6.45, 7) is 1.39. The second-order valence-electron chi connectivity index (χ2n) is 7.73. The van der Waals surface area contributed by atoms with Crippen molar-refractivity contribution in [2.75, 3.05) is 13.3 Å². The van der Waals surface area contributed by atoms with Gasteiger partial charge in [-0.2, -0.15) is 9.41 Å². The van der Waals surface area contributed by atoms with Gasteiger partial charge in [-0.25, -0.2) is 13.8 Å². The molecule has 1 aliphatic rings. The second kappa shape index (κ2) is 10.7. The normalized spacial score (nSPS) is 12.9. The van der Waals surface area contributed by atoms with Gasteiger partial charge in [-0.15, -0.1) is 0 Å². The quantitative estimate of drug-likeness (QED) is 0.342. The summed E-state index contributed by atoms with van der Waals surface area (Å²) >= 11 is 12.2. The molecule has 0 saturated carbocycles. The van der Waals surface area contributed by atoms with E-state index in [-0.39, 0.29) is 18.2 Å². The van der Waals surface area contributed by atoms with E-state index in [9.17, 15) is 13.2 Å². The van der Waals surface area contributed by atoms with Crippen molar-refractivity contribution in [3.05, 3.63) is 87.4 Å². The summed E-state index contributed by atoms with van der Waals surface area (Å²) in [6.07, 6.45) is 1.43. The maximum absolute atomic E-state index is 13.4. The first kappa shape index (κ1) is 25.0.